The minimum absolute atomic E-state index is 0.319. The Morgan fingerprint density at radius 2 is 2.00 bits per heavy atom. The molecule has 4 rings (SSSR count). The molecule has 0 spiro atoms. The molecule has 128 valence electrons. The molecule has 2 saturated heterocycles. The van der Waals surface area contributed by atoms with Crippen molar-refractivity contribution in [2.75, 3.05) is 44.3 Å². The Balaban J connectivity index is 1.67. The third-order valence-electron chi connectivity index (χ3n) is 4.81. The summed E-state index contributed by atoms with van der Waals surface area (Å²) in [6.07, 6.45) is -2.75. The lowest BCUT2D eigenvalue weighted by Crippen LogP contribution is -2.58. The molecule has 0 amide bonds. The van der Waals surface area contributed by atoms with Gasteiger partial charge in [0.15, 0.2) is 0 Å². The number of alkyl halides is 3. The average Bonchev–Trinajstić information content (AvgIpc) is 2.59. The Hall–Kier alpha value is -1.86. The minimum Gasteiger partial charge on any atom is -0.378 e. The monoisotopic (exact) mass is 337 g/mol. The normalized spacial score (nSPS) is 22.6. The van der Waals surface area contributed by atoms with Gasteiger partial charge in [0, 0.05) is 37.8 Å². The maximum Gasteiger partial charge on any atom is 0.416 e. The fourth-order valence-corrected chi connectivity index (χ4v) is 3.53. The first-order valence-electron chi connectivity index (χ1n) is 8.05. The third-order valence-corrected chi connectivity index (χ3v) is 4.81. The summed E-state index contributed by atoms with van der Waals surface area (Å²) in [5.41, 5.74) is -0.627. The number of aromatic nitrogens is 1. The second-order valence-electron chi connectivity index (χ2n) is 6.28. The van der Waals surface area contributed by atoms with Crippen molar-refractivity contribution in [3.8, 4) is 0 Å². The summed E-state index contributed by atoms with van der Waals surface area (Å²) in [5, 5.41) is 1.33. The molecule has 7 heteroatoms. The molecule has 4 nitrogen and oxygen atoms in total. The molecule has 24 heavy (non-hydrogen) atoms. The number of hydrogen-bond donors (Lipinski definition) is 0. The van der Waals surface area contributed by atoms with Crippen LogP contribution in [0.2, 0.25) is 0 Å². The van der Waals surface area contributed by atoms with Crippen LogP contribution in [-0.4, -0.2) is 55.3 Å². The Morgan fingerprint density at radius 1 is 1.12 bits per heavy atom. The van der Waals surface area contributed by atoms with E-state index in [-0.39, 0.29) is 0 Å². The van der Waals surface area contributed by atoms with Crippen molar-refractivity contribution < 1.29 is 17.9 Å². The zero-order valence-electron chi connectivity index (χ0n) is 13.1. The summed E-state index contributed by atoms with van der Waals surface area (Å²) in [5.74, 6) is 0.756. The first kappa shape index (κ1) is 15.7. The van der Waals surface area contributed by atoms with Crippen molar-refractivity contribution in [1.29, 1.82) is 0 Å². The van der Waals surface area contributed by atoms with Crippen molar-refractivity contribution in [1.82, 2.24) is 9.88 Å². The number of nitrogens with zero attached hydrogens (tertiary/aromatic N) is 3. The van der Waals surface area contributed by atoms with Crippen molar-refractivity contribution in [2.24, 2.45) is 0 Å². The Kier molecular flexibility index (Phi) is 3.85. The predicted molar refractivity (Wildman–Crippen MR) is 85.1 cm³/mol. The van der Waals surface area contributed by atoms with Crippen LogP contribution in [0.4, 0.5) is 19.0 Å². The first-order chi connectivity index (χ1) is 11.5. The van der Waals surface area contributed by atoms with E-state index in [4.69, 9.17) is 4.74 Å². The summed E-state index contributed by atoms with van der Waals surface area (Å²) in [6.45, 7) is 4.93. The van der Waals surface area contributed by atoms with Gasteiger partial charge in [-0.05, 0) is 23.6 Å². The SMILES string of the molecule is FC(F)(F)c1ccc2c(N3CCN4CCOCC4C3)nccc2c1. The number of fused-ring (bicyclic) bond motifs is 2. The summed E-state index contributed by atoms with van der Waals surface area (Å²) >= 11 is 0. The van der Waals surface area contributed by atoms with Gasteiger partial charge in [0.2, 0.25) is 0 Å². The van der Waals surface area contributed by atoms with Gasteiger partial charge < -0.3 is 9.64 Å². The molecule has 0 saturated carbocycles. The van der Waals surface area contributed by atoms with Gasteiger partial charge in [0.1, 0.15) is 5.82 Å². The fourth-order valence-electron chi connectivity index (χ4n) is 3.53. The summed E-state index contributed by atoms with van der Waals surface area (Å²) < 4.78 is 44.3. The van der Waals surface area contributed by atoms with E-state index in [1.165, 1.54) is 12.1 Å². The van der Waals surface area contributed by atoms with Crippen LogP contribution in [0.25, 0.3) is 10.8 Å². The van der Waals surface area contributed by atoms with E-state index < -0.39 is 11.7 Å². The topological polar surface area (TPSA) is 28.6 Å². The number of ether oxygens (including phenoxy) is 1. The molecule has 1 unspecified atom stereocenters. The number of piperazine rings is 1. The largest absolute Gasteiger partial charge is 0.416 e. The smallest absolute Gasteiger partial charge is 0.378 e. The predicted octanol–water partition coefficient (Wildman–Crippen LogP) is 2.77. The molecule has 2 fully saturated rings. The molecule has 1 aromatic carbocycles. The fraction of sp³-hybridized carbons (Fsp3) is 0.471. The van der Waals surface area contributed by atoms with Crippen LogP contribution in [0.15, 0.2) is 30.5 Å². The molecular weight excluding hydrogens is 319 g/mol. The molecule has 2 aromatic rings. The highest BCUT2D eigenvalue weighted by molar-refractivity contribution is 5.92. The van der Waals surface area contributed by atoms with Crippen LogP contribution in [0.5, 0.6) is 0 Å². The van der Waals surface area contributed by atoms with Gasteiger partial charge in [-0.15, -0.1) is 0 Å². The van der Waals surface area contributed by atoms with E-state index in [1.807, 2.05) is 0 Å². The van der Waals surface area contributed by atoms with Crippen molar-refractivity contribution in [2.45, 2.75) is 12.2 Å². The lowest BCUT2D eigenvalue weighted by atomic mass is 10.1. The van der Waals surface area contributed by atoms with E-state index in [0.717, 1.165) is 50.1 Å². The van der Waals surface area contributed by atoms with Gasteiger partial charge in [-0.25, -0.2) is 4.98 Å². The molecule has 3 heterocycles. The molecule has 1 atom stereocenters. The van der Waals surface area contributed by atoms with Gasteiger partial charge in [-0.3, -0.25) is 4.90 Å². The average molecular weight is 337 g/mol. The highest BCUT2D eigenvalue weighted by Crippen LogP contribution is 2.34. The second kappa shape index (κ2) is 5.89. The molecule has 2 aliphatic heterocycles. The number of benzene rings is 1. The first-order valence-corrected chi connectivity index (χ1v) is 8.05. The molecule has 0 radical (unpaired) electrons. The van der Waals surface area contributed by atoms with Crippen LogP contribution < -0.4 is 4.90 Å². The standard InChI is InChI=1S/C17H18F3N3O/c18-17(19,20)13-1-2-15-12(9-13)3-4-21-16(15)23-6-5-22-7-8-24-11-14(22)10-23/h1-4,9,14H,5-8,10-11H2. The number of rotatable bonds is 1. The third kappa shape index (κ3) is 2.82. The van der Waals surface area contributed by atoms with E-state index in [1.54, 1.807) is 12.3 Å². The highest BCUT2D eigenvalue weighted by atomic mass is 19.4. The maximum atomic E-state index is 12.9. The number of morpholine rings is 1. The van der Waals surface area contributed by atoms with Crippen LogP contribution >= 0.6 is 0 Å². The van der Waals surface area contributed by atoms with E-state index in [9.17, 15) is 13.2 Å². The molecule has 0 bridgehead atoms. The van der Waals surface area contributed by atoms with Crippen molar-refractivity contribution in [3.63, 3.8) is 0 Å². The van der Waals surface area contributed by atoms with Gasteiger partial charge in [-0.1, -0.05) is 6.07 Å². The van der Waals surface area contributed by atoms with Crippen molar-refractivity contribution >= 4 is 16.6 Å². The quantitative estimate of drug-likeness (QED) is 0.800. The maximum absolute atomic E-state index is 12.9. The zero-order chi connectivity index (χ0) is 16.7. The lowest BCUT2D eigenvalue weighted by molar-refractivity contribution is -0.137. The van der Waals surface area contributed by atoms with Crippen molar-refractivity contribution in [3.05, 3.63) is 36.0 Å². The zero-order valence-corrected chi connectivity index (χ0v) is 13.1. The van der Waals surface area contributed by atoms with Gasteiger partial charge in [0.25, 0.3) is 0 Å². The number of halogens is 3. The van der Waals surface area contributed by atoms with Crippen LogP contribution in [0, 0.1) is 0 Å². The summed E-state index contributed by atoms with van der Waals surface area (Å²) in [6, 6.07) is 5.81. The van der Waals surface area contributed by atoms with E-state index in [2.05, 4.69) is 14.8 Å². The Labute approximate surface area is 137 Å². The molecular formula is C17H18F3N3O. The van der Waals surface area contributed by atoms with Gasteiger partial charge in [0.05, 0.1) is 24.8 Å². The number of pyridine rings is 1. The van der Waals surface area contributed by atoms with E-state index in [0.29, 0.717) is 18.0 Å². The molecule has 0 N–H and O–H groups in total. The van der Waals surface area contributed by atoms with Gasteiger partial charge >= 0.3 is 6.18 Å². The highest BCUT2D eigenvalue weighted by Gasteiger charge is 2.32. The number of hydrogen-bond acceptors (Lipinski definition) is 4. The van der Waals surface area contributed by atoms with E-state index >= 15 is 0 Å². The molecule has 1 aromatic heterocycles. The van der Waals surface area contributed by atoms with Crippen LogP contribution in [0.1, 0.15) is 5.56 Å². The molecule has 2 aliphatic rings. The summed E-state index contributed by atoms with van der Waals surface area (Å²) in [4.78, 5) is 9.01. The molecule has 0 aliphatic carbocycles. The Morgan fingerprint density at radius 3 is 2.83 bits per heavy atom. The Bertz CT molecular complexity index is 749. The minimum atomic E-state index is -4.33. The van der Waals surface area contributed by atoms with Gasteiger partial charge in [-0.2, -0.15) is 13.2 Å². The lowest BCUT2D eigenvalue weighted by Gasteiger charge is -2.44. The van der Waals surface area contributed by atoms with Crippen LogP contribution in [-0.2, 0) is 10.9 Å². The number of anilines is 1. The second-order valence-corrected chi connectivity index (χ2v) is 6.28. The van der Waals surface area contributed by atoms with Crippen LogP contribution in [0.3, 0.4) is 0 Å². The summed E-state index contributed by atoms with van der Waals surface area (Å²) in [7, 11) is 0.